The molecule has 0 amide bonds. The van der Waals surface area contributed by atoms with Crippen molar-refractivity contribution < 1.29 is 13.9 Å². The standard InChI is InChI=1S/C14H20F2N2O/c15-14(16)12-7-10(17)4-5-13(12)18-8-9-2-1-3-11(19)6-9/h4-5,7,9,11,14,18-19H,1-3,6,8,17H2. The number of benzene rings is 1. The van der Waals surface area contributed by atoms with Gasteiger partial charge in [-0.15, -0.1) is 0 Å². The van der Waals surface area contributed by atoms with Crippen LogP contribution in [0.25, 0.3) is 0 Å². The first-order chi connectivity index (χ1) is 9.06. The highest BCUT2D eigenvalue weighted by Crippen LogP contribution is 2.30. The topological polar surface area (TPSA) is 58.3 Å². The molecule has 0 saturated heterocycles. The molecule has 2 atom stereocenters. The van der Waals surface area contributed by atoms with Gasteiger partial charge in [0.05, 0.1) is 6.10 Å². The zero-order valence-electron chi connectivity index (χ0n) is 10.8. The van der Waals surface area contributed by atoms with Crippen LogP contribution in [0.5, 0.6) is 0 Å². The fourth-order valence-electron chi connectivity index (χ4n) is 2.63. The van der Waals surface area contributed by atoms with Crippen molar-refractivity contribution in [2.45, 2.75) is 38.2 Å². The molecule has 1 fully saturated rings. The summed E-state index contributed by atoms with van der Waals surface area (Å²) < 4.78 is 25.8. The smallest absolute Gasteiger partial charge is 0.265 e. The van der Waals surface area contributed by atoms with Gasteiger partial charge in [-0.1, -0.05) is 6.42 Å². The molecule has 1 saturated carbocycles. The zero-order chi connectivity index (χ0) is 13.8. The minimum absolute atomic E-state index is 0.0589. The summed E-state index contributed by atoms with van der Waals surface area (Å²) in [6, 6.07) is 4.52. The Labute approximate surface area is 111 Å². The Morgan fingerprint density at radius 2 is 2.16 bits per heavy atom. The summed E-state index contributed by atoms with van der Waals surface area (Å²) >= 11 is 0. The van der Waals surface area contributed by atoms with Crippen LogP contribution in [0, 0.1) is 5.92 Å². The van der Waals surface area contributed by atoms with E-state index in [1.165, 1.54) is 6.07 Å². The van der Waals surface area contributed by atoms with Crippen LogP contribution in [-0.2, 0) is 0 Å². The quantitative estimate of drug-likeness (QED) is 0.736. The van der Waals surface area contributed by atoms with Gasteiger partial charge in [-0.3, -0.25) is 0 Å². The maximum absolute atomic E-state index is 12.9. The van der Waals surface area contributed by atoms with Crippen molar-refractivity contribution in [3.63, 3.8) is 0 Å². The van der Waals surface area contributed by atoms with Crippen molar-refractivity contribution in [1.82, 2.24) is 0 Å². The van der Waals surface area contributed by atoms with Crippen molar-refractivity contribution >= 4 is 11.4 Å². The number of hydrogen-bond acceptors (Lipinski definition) is 3. The summed E-state index contributed by atoms with van der Waals surface area (Å²) in [4.78, 5) is 0. The van der Waals surface area contributed by atoms with E-state index < -0.39 is 6.43 Å². The molecular formula is C14H20F2N2O. The van der Waals surface area contributed by atoms with E-state index in [0.29, 0.717) is 23.8 Å². The first kappa shape index (κ1) is 14.1. The Morgan fingerprint density at radius 1 is 1.37 bits per heavy atom. The first-order valence-corrected chi connectivity index (χ1v) is 6.65. The molecule has 0 heterocycles. The van der Waals surface area contributed by atoms with Crippen LogP contribution in [0.4, 0.5) is 20.2 Å². The average molecular weight is 270 g/mol. The second-order valence-corrected chi connectivity index (χ2v) is 5.21. The molecular weight excluding hydrogens is 250 g/mol. The van der Waals surface area contributed by atoms with Crippen LogP contribution in [0.2, 0.25) is 0 Å². The molecule has 4 N–H and O–H groups in total. The fraction of sp³-hybridized carbons (Fsp3) is 0.571. The Hall–Kier alpha value is -1.36. The molecule has 5 heteroatoms. The summed E-state index contributed by atoms with van der Waals surface area (Å²) in [5.41, 5.74) is 6.25. The fourth-order valence-corrected chi connectivity index (χ4v) is 2.63. The highest BCUT2D eigenvalue weighted by molar-refractivity contribution is 5.58. The molecule has 3 nitrogen and oxygen atoms in total. The molecule has 0 spiro atoms. The van der Waals surface area contributed by atoms with Crippen molar-refractivity contribution in [3.8, 4) is 0 Å². The SMILES string of the molecule is Nc1ccc(NCC2CCCC(O)C2)c(C(F)F)c1. The molecule has 0 bridgehead atoms. The van der Waals surface area contributed by atoms with Gasteiger partial charge in [0, 0.05) is 23.5 Å². The maximum Gasteiger partial charge on any atom is 0.265 e. The molecule has 106 valence electrons. The third kappa shape index (κ3) is 3.80. The molecule has 19 heavy (non-hydrogen) atoms. The first-order valence-electron chi connectivity index (χ1n) is 6.65. The predicted molar refractivity (Wildman–Crippen MR) is 72.3 cm³/mol. The Kier molecular flexibility index (Phi) is 4.58. The summed E-state index contributed by atoms with van der Waals surface area (Å²) in [5, 5.41) is 12.7. The van der Waals surface area contributed by atoms with Gasteiger partial charge in [-0.05, 0) is 43.4 Å². The molecule has 1 aromatic carbocycles. The van der Waals surface area contributed by atoms with Crippen LogP contribution in [0.3, 0.4) is 0 Å². The minimum Gasteiger partial charge on any atom is -0.399 e. The van der Waals surface area contributed by atoms with Crippen LogP contribution in [-0.4, -0.2) is 17.8 Å². The summed E-state index contributed by atoms with van der Waals surface area (Å²) in [5.74, 6) is 0.340. The summed E-state index contributed by atoms with van der Waals surface area (Å²) in [6.07, 6.45) is 0.830. The molecule has 2 rings (SSSR count). The number of hydrogen-bond donors (Lipinski definition) is 3. The van der Waals surface area contributed by atoms with Crippen molar-refractivity contribution in [1.29, 1.82) is 0 Å². The Balaban J connectivity index is 1.99. The number of nitrogen functional groups attached to an aromatic ring is 1. The molecule has 0 radical (unpaired) electrons. The molecule has 0 aliphatic heterocycles. The molecule has 1 aromatic rings. The second-order valence-electron chi connectivity index (χ2n) is 5.21. The van der Waals surface area contributed by atoms with E-state index in [0.717, 1.165) is 25.7 Å². The normalized spacial score (nSPS) is 23.6. The minimum atomic E-state index is -2.54. The van der Waals surface area contributed by atoms with Gasteiger partial charge in [0.2, 0.25) is 0 Å². The van der Waals surface area contributed by atoms with Gasteiger partial charge in [-0.2, -0.15) is 0 Å². The van der Waals surface area contributed by atoms with Crippen molar-refractivity contribution in [2.75, 3.05) is 17.6 Å². The van der Waals surface area contributed by atoms with E-state index in [1.54, 1.807) is 12.1 Å². The third-order valence-electron chi connectivity index (χ3n) is 3.65. The monoisotopic (exact) mass is 270 g/mol. The van der Waals surface area contributed by atoms with Gasteiger partial charge < -0.3 is 16.2 Å². The van der Waals surface area contributed by atoms with Crippen LogP contribution >= 0.6 is 0 Å². The number of nitrogens with one attached hydrogen (secondary N) is 1. The lowest BCUT2D eigenvalue weighted by Gasteiger charge is -2.26. The number of rotatable bonds is 4. The molecule has 1 aliphatic rings. The highest BCUT2D eigenvalue weighted by Gasteiger charge is 2.21. The molecule has 1 aliphatic carbocycles. The number of alkyl halides is 2. The summed E-state index contributed by atoms with van der Waals surface area (Å²) in [7, 11) is 0. The predicted octanol–water partition coefficient (Wildman–Crippen LogP) is 3.17. The van der Waals surface area contributed by atoms with Gasteiger partial charge in [0.25, 0.3) is 6.43 Å². The van der Waals surface area contributed by atoms with Gasteiger partial charge >= 0.3 is 0 Å². The van der Waals surface area contributed by atoms with Gasteiger partial charge in [0.15, 0.2) is 0 Å². The van der Waals surface area contributed by atoms with E-state index >= 15 is 0 Å². The lowest BCUT2D eigenvalue weighted by molar-refractivity contribution is 0.104. The lowest BCUT2D eigenvalue weighted by Crippen LogP contribution is -2.25. The zero-order valence-corrected chi connectivity index (χ0v) is 10.8. The average Bonchev–Trinajstić information content (AvgIpc) is 2.37. The number of anilines is 2. The van der Waals surface area contributed by atoms with E-state index in [2.05, 4.69) is 5.32 Å². The highest BCUT2D eigenvalue weighted by atomic mass is 19.3. The van der Waals surface area contributed by atoms with Crippen molar-refractivity contribution in [2.24, 2.45) is 5.92 Å². The maximum atomic E-state index is 12.9. The van der Waals surface area contributed by atoms with Gasteiger partial charge in [0.1, 0.15) is 0 Å². The Morgan fingerprint density at radius 3 is 2.84 bits per heavy atom. The van der Waals surface area contributed by atoms with Crippen molar-refractivity contribution in [3.05, 3.63) is 23.8 Å². The number of nitrogens with two attached hydrogens (primary N) is 1. The molecule has 0 aromatic heterocycles. The molecule has 2 unspecified atom stereocenters. The largest absolute Gasteiger partial charge is 0.399 e. The third-order valence-corrected chi connectivity index (χ3v) is 3.65. The van der Waals surface area contributed by atoms with E-state index in [9.17, 15) is 13.9 Å². The lowest BCUT2D eigenvalue weighted by atomic mass is 9.87. The van der Waals surface area contributed by atoms with E-state index in [1.807, 2.05) is 0 Å². The summed E-state index contributed by atoms with van der Waals surface area (Å²) in [6.45, 7) is 0.612. The van der Waals surface area contributed by atoms with Crippen LogP contribution in [0.1, 0.15) is 37.7 Å². The Bertz CT molecular complexity index is 426. The van der Waals surface area contributed by atoms with Crippen LogP contribution < -0.4 is 11.1 Å². The second kappa shape index (κ2) is 6.19. The van der Waals surface area contributed by atoms with Crippen LogP contribution in [0.15, 0.2) is 18.2 Å². The van der Waals surface area contributed by atoms with Gasteiger partial charge in [-0.25, -0.2) is 8.78 Å². The van der Waals surface area contributed by atoms with E-state index in [4.69, 9.17) is 5.73 Å². The number of halogens is 2. The van der Waals surface area contributed by atoms with E-state index in [-0.39, 0.29) is 11.7 Å². The number of aliphatic hydroxyl groups is 1. The number of aliphatic hydroxyl groups excluding tert-OH is 1.